The fraction of sp³-hybridized carbons (Fsp3) is 0.571. The molecule has 106 valence electrons. The molecule has 0 aromatic heterocycles. The molecule has 1 aromatic carbocycles. The fourth-order valence-electron chi connectivity index (χ4n) is 2.26. The van der Waals surface area contributed by atoms with Crippen LogP contribution in [-0.4, -0.2) is 33.5 Å². The fourth-order valence-corrected chi connectivity index (χ4v) is 2.91. The Balaban J connectivity index is 1.95. The van der Waals surface area contributed by atoms with Crippen LogP contribution in [0.3, 0.4) is 0 Å². The number of halogens is 1. The highest BCUT2D eigenvalue weighted by molar-refractivity contribution is 9.10. The third kappa shape index (κ3) is 3.41. The molecule has 4 nitrogen and oxygen atoms in total. The van der Waals surface area contributed by atoms with E-state index in [1.807, 2.05) is 6.07 Å². The number of methoxy groups -OCH3 is 3. The minimum Gasteiger partial charge on any atom is -0.493 e. The Hall–Kier alpha value is -0.780. The molecule has 0 saturated heterocycles. The molecule has 5 heteroatoms. The summed E-state index contributed by atoms with van der Waals surface area (Å²) in [5.41, 5.74) is 1.17. The summed E-state index contributed by atoms with van der Waals surface area (Å²) in [5.74, 6) is 1.48. The number of benzene rings is 1. The number of ether oxygens (including phenoxy) is 3. The molecule has 0 spiro atoms. The molecule has 1 N–H and O–H groups in total. The number of hydrogen-bond acceptors (Lipinski definition) is 4. The van der Waals surface area contributed by atoms with Crippen LogP contribution in [0.2, 0.25) is 0 Å². The highest BCUT2D eigenvalue weighted by Crippen LogP contribution is 2.36. The Morgan fingerprint density at radius 1 is 1.21 bits per heavy atom. The molecule has 1 aromatic rings. The summed E-state index contributed by atoms with van der Waals surface area (Å²) in [4.78, 5) is 0. The highest BCUT2D eigenvalue weighted by Gasteiger charge is 2.28. The van der Waals surface area contributed by atoms with Crippen LogP contribution >= 0.6 is 15.9 Å². The zero-order chi connectivity index (χ0) is 13.8. The third-order valence-corrected chi connectivity index (χ3v) is 4.11. The summed E-state index contributed by atoms with van der Waals surface area (Å²) in [6, 6.07) is 4.61. The average molecular weight is 330 g/mol. The lowest BCUT2D eigenvalue weighted by molar-refractivity contribution is 0.0170. The van der Waals surface area contributed by atoms with Crippen LogP contribution in [0.5, 0.6) is 11.5 Å². The molecule has 1 aliphatic carbocycles. The molecule has 0 atom stereocenters. The third-order valence-electron chi connectivity index (χ3n) is 3.52. The smallest absolute Gasteiger partial charge is 0.174 e. The summed E-state index contributed by atoms with van der Waals surface area (Å²) in [7, 11) is 5.06. The lowest BCUT2D eigenvalue weighted by atomic mass is 9.89. The van der Waals surface area contributed by atoms with Gasteiger partial charge in [0.25, 0.3) is 0 Å². The van der Waals surface area contributed by atoms with E-state index in [-0.39, 0.29) is 0 Å². The Morgan fingerprint density at radius 3 is 2.53 bits per heavy atom. The van der Waals surface area contributed by atoms with Crippen molar-refractivity contribution in [1.82, 2.24) is 5.32 Å². The van der Waals surface area contributed by atoms with Gasteiger partial charge < -0.3 is 19.5 Å². The molecule has 0 amide bonds. The van der Waals surface area contributed by atoms with Gasteiger partial charge in [0.15, 0.2) is 11.5 Å². The van der Waals surface area contributed by atoms with Gasteiger partial charge in [-0.1, -0.05) is 0 Å². The van der Waals surface area contributed by atoms with Gasteiger partial charge in [-0.05, 0) is 46.5 Å². The van der Waals surface area contributed by atoms with Gasteiger partial charge in [0.2, 0.25) is 0 Å². The van der Waals surface area contributed by atoms with Crippen molar-refractivity contribution in [2.24, 2.45) is 0 Å². The van der Waals surface area contributed by atoms with Gasteiger partial charge in [0, 0.05) is 19.7 Å². The van der Waals surface area contributed by atoms with Crippen molar-refractivity contribution in [3.63, 3.8) is 0 Å². The zero-order valence-electron chi connectivity index (χ0n) is 11.5. The van der Waals surface area contributed by atoms with E-state index in [2.05, 4.69) is 27.3 Å². The minimum absolute atomic E-state index is 0.426. The second-order valence-corrected chi connectivity index (χ2v) is 5.57. The van der Waals surface area contributed by atoms with Crippen LogP contribution in [-0.2, 0) is 11.3 Å². The molecule has 0 unspecified atom stereocenters. The summed E-state index contributed by atoms with van der Waals surface area (Å²) in [5, 5.41) is 3.52. The summed E-state index contributed by atoms with van der Waals surface area (Å²) < 4.78 is 16.8. The predicted octanol–water partition coefficient (Wildman–Crippen LogP) is 2.73. The highest BCUT2D eigenvalue weighted by atomic mass is 79.9. The molecular weight excluding hydrogens is 310 g/mol. The van der Waals surface area contributed by atoms with Gasteiger partial charge in [-0.15, -0.1) is 0 Å². The molecule has 1 saturated carbocycles. The summed E-state index contributed by atoms with van der Waals surface area (Å²) >= 11 is 3.51. The number of nitrogens with one attached hydrogen (secondary N) is 1. The summed E-state index contributed by atoms with van der Waals surface area (Å²) in [6.07, 6.45) is 2.60. The van der Waals surface area contributed by atoms with E-state index in [0.717, 1.165) is 35.4 Å². The van der Waals surface area contributed by atoms with E-state index in [9.17, 15) is 0 Å². The maximum atomic E-state index is 5.34. The van der Waals surface area contributed by atoms with E-state index in [1.54, 1.807) is 21.3 Å². The van der Waals surface area contributed by atoms with E-state index >= 15 is 0 Å². The van der Waals surface area contributed by atoms with Crippen LogP contribution in [0, 0.1) is 0 Å². The molecule has 1 fully saturated rings. The van der Waals surface area contributed by atoms with E-state index in [4.69, 9.17) is 14.2 Å². The van der Waals surface area contributed by atoms with Crippen molar-refractivity contribution < 1.29 is 14.2 Å². The van der Waals surface area contributed by atoms with Crippen LogP contribution in [0.15, 0.2) is 16.6 Å². The Morgan fingerprint density at radius 2 is 1.95 bits per heavy atom. The normalized spacial score (nSPS) is 21.9. The van der Waals surface area contributed by atoms with Gasteiger partial charge in [0.05, 0.1) is 24.8 Å². The van der Waals surface area contributed by atoms with Crippen LogP contribution in [0.25, 0.3) is 0 Å². The van der Waals surface area contributed by atoms with E-state index < -0.39 is 0 Å². The van der Waals surface area contributed by atoms with Crippen molar-refractivity contribution in [3.8, 4) is 11.5 Å². The first-order valence-electron chi connectivity index (χ1n) is 6.34. The maximum absolute atomic E-state index is 5.34. The molecule has 0 radical (unpaired) electrons. The van der Waals surface area contributed by atoms with Crippen LogP contribution in [0.4, 0.5) is 0 Å². The molecule has 19 heavy (non-hydrogen) atoms. The Labute approximate surface area is 122 Å². The zero-order valence-corrected chi connectivity index (χ0v) is 13.1. The van der Waals surface area contributed by atoms with Crippen molar-refractivity contribution in [1.29, 1.82) is 0 Å². The molecule has 1 aliphatic rings. The second-order valence-electron chi connectivity index (χ2n) is 4.72. The maximum Gasteiger partial charge on any atom is 0.174 e. The summed E-state index contributed by atoms with van der Waals surface area (Å²) in [6.45, 7) is 0.819. The van der Waals surface area contributed by atoms with Crippen LogP contribution < -0.4 is 14.8 Å². The quantitative estimate of drug-likeness (QED) is 0.871. The lowest BCUT2D eigenvalue weighted by Gasteiger charge is -2.34. The SMILES string of the molecule is COc1cc(CNC2CC(OC)C2)cc(Br)c1OC. The largest absolute Gasteiger partial charge is 0.493 e. The van der Waals surface area contributed by atoms with Gasteiger partial charge in [-0.3, -0.25) is 0 Å². The predicted molar refractivity (Wildman–Crippen MR) is 77.9 cm³/mol. The van der Waals surface area contributed by atoms with E-state index in [0.29, 0.717) is 12.1 Å². The minimum atomic E-state index is 0.426. The van der Waals surface area contributed by atoms with Gasteiger partial charge in [-0.2, -0.15) is 0 Å². The van der Waals surface area contributed by atoms with Crippen molar-refractivity contribution in [2.45, 2.75) is 31.5 Å². The Bertz CT molecular complexity index is 433. The van der Waals surface area contributed by atoms with Gasteiger partial charge in [-0.25, -0.2) is 0 Å². The van der Waals surface area contributed by atoms with Gasteiger partial charge >= 0.3 is 0 Å². The monoisotopic (exact) mass is 329 g/mol. The van der Waals surface area contributed by atoms with Gasteiger partial charge in [0.1, 0.15) is 0 Å². The molecule has 0 bridgehead atoms. The van der Waals surface area contributed by atoms with Crippen molar-refractivity contribution in [3.05, 3.63) is 22.2 Å². The van der Waals surface area contributed by atoms with Crippen molar-refractivity contribution in [2.75, 3.05) is 21.3 Å². The second kappa shape index (κ2) is 6.59. The lowest BCUT2D eigenvalue weighted by Crippen LogP contribution is -2.44. The number of hydrogen-bond donors (Lipinski definition) is 1. The molecule has 0 heterocycles. The topological polar surface area (TPSA) is 39.7 Å². The average Bonchev–Trinajstić information content (AvgIpc) is 2.36. The first kappa shape index (κ1) is 14.6. The van der Waals surface area contributed by atoms with Crippen LogP contribution in [0.1, 0.15) is 18.4 Å². The first-order chi connectivity index (χ1) is 9.17. The standard InChI is InChI=1S/C14H20BrNO3/c1-17-11-6-10(7-11)16-8-9-4-12(15)14(19-3)13(5-9)18-2/h4-5,10-11,16H,6-8H2,1-3H3. The number of rotatable bonds is 6. The molecule has 0 aliphatic heterocycles. The molecular formula is C14H20BrNO3. The van der Waals surface area contributed by atoms with Crippen molar-refractivity contribution >= 4 is 15.9 Å². The molecule has 2 rings (SSSR count). The Kier molecular flexibility index (Phi) is 5.07. The van der Waals surface area contributed by atoms with E-state index in [1.165, 1.54) is 5.56 Å². The first-order valence-corrected chi connectivity index (χ1v) is 7.13.